The highest BCUT2D eigenvalue weighted by Gasteiger charge is 2.36. The lowest BCUT2D eigenvalue weighted by Crippen LogP contribution is -2.36. The van der Waals surface area contributed by atoms with Crippen LogP contribution in [0.4, 0.5) is 0 Å². The predicted octanol–water partition coefficient (Wildman–Crippen LogP) is 7.18. The number of hydrogen-bond donors (Lipinski definition) is 0. The predicted molar refractivity (Wildman–Crippen MR) is 118 cm³/mol. The number of aryl methyl sites for hydroxylation is 1. The quantitative estimate of drug-likeness (QED) is 0.267. The summed E-state index contributed by atoms with van der Waals surface area (Å²) in [7, 11) is -0.0561. The van der Waals surface area contributed by atoms with Crippen molar-refractivity contribution in [1.29, 1.82) is 0 Å². The molecule has 0 saturated heterocycles. The number of allylic oxidation sites excluding steroid dienone is 1. The number of rotatable bonds is 4. The van der Waals surface area contributed by atoms with Gasteiger partial charge in [0.25, 0.3) is 0 Å². The normalized spacial score (nSPS) is 17.6. The van der Waals surface area contributed by atoms with Crippen LogP contribution in [0, 0.1) is 12.8 Å². The Bertz CT molecular complexity index is 1050. The van der Waals surface area contributed by atoms with Crippen LogP contribution in [-0.4, -0.2) is 11.6 Å². The first-order valence-electron chi connectivity index (χ1n) is 9.88. The summed E-state index contributed by atoms with van der Waals surface area (Å²) in [5.74, 6) is 0.0682. The molecule has 0 saturated carbocycles. The average Bonchev–Trinajstić information content (AvgIpc) is 3.24. The third kappa shape index (κ3) is 3.40. The lowest BCUT2D eigenvalue weighted by molar-refractivity contribution is -0.0219. The van der Waals surface area contributed by atoms with Gasteiger partial charge in [-0.05, 0) is 70.0 Å². The molecule has 1 aliphatic carbocycles. The van der Waals surface area contributed by atoms with Crippen LogP contribution in [-0.2, 0) is 4.74 Å². The van der Waals surface area contributed by atoms with Crippen molar-refractivity contribution in [3.8, 4) is 4.90 Å². The number of hydrogen-bond acceptors (Lipinski definition) is 2. The zero-order valence-corrected chi connectivity index (χ0v) is 17.8. The van der Waals surface area contributed by atoms with E-state index >= 15 is 0 Å². The maximum Gasteiger partial charge on any atom is 0.338 e. The van der Waals surface area contributed by atoms with E-state index < -0.39 is 5.60 Å². The molecule has 2 unspecified atom stereocenters. The van der Waals surface area contributed by atoms with E-state index in [9.17, 15) is 4.79 Å². The molecule has 0 spiro atoms. The van der Waals surface area contributed by atoms with Gasteiger partial charge in [-0.15, -0.1) is 0 Å². The zero-order chi connectivity index (χ0) is 19.9. The fourth-order valence-corrected chi connectivity index (χ4v) is 6.59. The Hall–Kier alpha value is -2.39. The number of thiophene rings is 1. The highest BCUT2D eigenvalue weighted by atomic mass is 32.2. The van der Waals surface area contributed by atoms with Gasteiger partial charge >= 0.3 is 5.97 Å². The van der Waals surface area contributed by atoms with E-state index in [1.807, 2.05) is 26.0 Å². The number of benzene rings is 2. The first kappa shape index (κ1) is 18.9. The molecule has 1 aromatic heterocycles. The molecule has 2 aromatic carbocycles. The lowest BCUT2D eigenvalue weighted by atomic mass is 9.86. The maximum atomic E-state index is 12.8. The topological polar surface area (TPSA) is 26.3 Å². The summed E-state index contributed by atoms with van der Waals surface area (Å²) in [6.45, 7) is 8.37. The van der Waals surface area contributed by atoms with Crippen molar-refractivity contribution in [2.24, 2.45) is 5.92 Å². The summed E-state index contributed by atoms with van der Waals surface area (Å²) in [6, 6.07) is 18.8. The van der Waals surface area contributed by atoms with Gasteiger partial charge in [0.2, 0.25) is 0 Å². The van der Waals surface area contributed by atoms with Gasteiger partial charge in [0, 0.05) is 34.8 Å². The van der Waals surface area contributed by atoms with Crippen LogP contribution in [0.3, 0.4) is 0 Å². The average molecular weight is 392 g/mol. The molecule has 4 rings (SSSR count). The van der Waals surface area contributed by atoms with Crippen molar-refractivity contribution in [2.45, 2.75) is 46.1 Å². The van der Waals surface area contributed by atoms with E-state index in [1.54, 1.807) is 0 Å². The molecular weight excluding hydrogens is 364 g/mol. The molecule has 0 N–H and O–H groups in total. The molecule has 2 nitrogen and oxygen atoms in total. The summed E-state index contributed by atoms with van der Waals surface area (Å²) in [5, 5.41) is 1.30. The monoisotopic (exact) mass is 391 g/mol. The van der Waals surface area contributed by atoms with Crippen LogP contribution >= 0.6 is 10.5 Å². The van der Waals surface area contributed by atoms with Gasteiger partial charge in [-0.3, -0.25) is 0 Å². The first-order valence-corrected chi connectivity index (χ1v) is 11.1. The molecule has 2 atom stereocenters. The lowest BCUT2D eigenvalue weighted by Gasteiger charge is -2.32. The maximum absolute atomic E-state index is 12.8. The zero-order valence-electron chi connectivity index (χ0n) is 17.0. The third-order valence-corrected chi connectivity index (χ3v) is 8.13. The van der Waals surface area contributed by atoms with E-state index in [0.717, 1.165) is 12.8 Å². The van der Waals surface area contributed by atoms with Crippen LogP contribution in [0.1, 0.15) is 48.8 Å². The van der Waals surface area contributed by atoms with Crippen molar-refractivity contribution in [2.75, 3.05) is 0 Å². The molecule has 1 heterocycles. The van der Waals surface area contributed by atoms with Gasteiger partial charge in [-0.1, -0.05) is 23.8 Å². The minimum Gasteiger partial charge on any atom is -0.455 e. The Morgan fingerprint density at radius 3 is 2.46 bits per heavy atom. The molecule has 0 fully saturated rings. The fraction of sp³-hybridized carbons (Fsp3) is 0.320. The molecule has 0 amide bonds. The molecular formula is C25H27O2S+. The van der Waals surface area contributed by atoms with Crippen molar-refractivity contribution < 1.29 is 9.53 Å². The van der Waals surface area contributed by atoms with Gasteiger partial charge in [0.05, 0.1) is 5.56 Å². The van der Waals surface area contributed by atoms with Crippen LogP contribution < -0.4 is 0 Å². The Morgan fingerprint density at radius 2 is 1.79 bits per heavy atom. The van der Waals surface area contributed by atoms with Gasteiger partial charge in [0.15, 0.2) is 14.5 Å². The first-order chi connectivity index (χ1) is 13.4. The summed E-state index contributed by atoms with van der Waals surface area (Å²) >= 11 is 0. The second-order valence-electron chi connectivity index (χ2n) is 8.19. The second-order valence-corrected chi connectivity index (χ2v) is 10.4. The minimum absolute atomic E-state index is 0.0561. The Kier molecular flexibility index (Phi) is 4.88. The van der Waals surface area contributed by atoms with E-state index in [2.05, 4.69) is 62.4 Å². The second kappa shape index (κ2) is 7.21. The Balaban J connectivity index is 1.57. The van der Waals surface area contributed by atoms with Crippen LogP contribution in [0.5, 0.6) is 0 Å². The van der Waals surface area contributed by atoms with E-state index in [0.29, 0.717) is 11.5 Å². The number of fused-ring (bicyclic) bond motifs is 1. The van der Waals surface area contributed by atoms with Gasteiger partial charge in [-0.25, -0.2) is 4.79 Å². The largest absolute Gasteiger partial charge is 0.455 e. The van der Waals surface area contributed by atoms with Crippen molar-refractivity contribution in [1.82, 2.24) is 0 Å². The minimum atomic E-state index is -0.488. The van der Waals surface area contributed by atoms with Crippen LogP contribution in [0.15, 0.2) is 66.2 Å². The molecule has 0 radical (unpaired) electrons. The Morgan fingerprint density at radius 1 is 1.07 bits per heavy atom. The smallest absolute Gasteiger partial charge is 0.338 e. The summed E-state index contributed by atoms with van der Waals surface area (Å²) < 4.78 is 7.29. The molecule has 0 aliphatic heterocycles. The number of ether oxygens (including phenoxy) is 1. The SMILES string of the molecule is CC1=CCCC1C(C)(C)OC(=O)c1ccc(-[s+]2c(C)cc3ccccc32)cc1. The van der Waals surface area contributed by atoms with Crippen molar-refractivity contribution >= 4 is 26.5 Å². The fourth-order valence-electron chi connectivity index (χ4n) is 4.39. The molecule has 0 bridgehead atoms. The highest BCUT2D eigenvalue weighted by molar-refractivity contribution is 7.45. The van der Waals surface area contributed by atoms with Gasteiger partial charge in [0.1, 0.15) is 5.60 Å². The molecule has 28 heavy (non-hydrogen) atoms. The summed E-state index contributed by atoms with van der Waals surface area (Å²) in [4.78, 5) is 15.4. The van der Waals surface area contributed by atoms with Crippen LogP contribution in [0.2, 0.25) is 0 Å². The molecule has 3 heteroatoms. The van der Waals surface area contributed by atoms with Crippen molar-refractivity contribution in [3.05, 3.63) is 76.7 Å². The van der Waals surface area contributed by atoms with Gasteiger partial charge in [-0.2, -0.15) is 0 Å². The molecule has 144 valence electrons. The van der Waals surface area contributed by atoms with Gasteiger partial charge < -0.3 is 4.74 Å². The molecule has 1 aliphatic rings. The van der Waals surface area contributed by atoms with E-state index in [4.69, 9.17) is 4.74 Å². The van der Waals surface area contributed by atoms with E-state index in [-0.39, 0.29) is 16.4 Å². The third-order valence-electron chi connectivity index (χ3n) is 5.81. The number of esters is 1. The molecule has 3 aromatic rings. The summed E-state index contributed by atoms with van der Waals surface area (Å²) in [6.07, 6.45) is 4.38. The Labute approximate surface area is 169 Å². The number of carbonyl (C=O) groups excluding carboxylic acids is 1. The van der Waals surface area contributed by atoms with Crippen LogP contribution in [0.25, 0.3) is 15.0 Å². The standard InChI is InChI=1S/C25H27O2S/c1-17-8-7-10-22(17)25(3,4)27-24(26)19-12-14-21(15-13-19)28-18(2)16-20-9-5-6-11-23(20)28/h5-6,8-9,11-16,22H,7,10H2,1-4H3/q+1. The summed E-state index contributed by atoms with van der Waals surface area (Å²) in [5.41, 5.74) is 1.46. The van der Waals surface area contributed by atoms with E-state index in [1.165, 1.54) is 25.4 Å². The van der Waals surface area contributed by atoms with Crippen molar-refractivity contribution in [3.63, 3.8) is 0 Å². The number of carbonyl (C=O) groups is 1. The highest BCUT2D eigenvalue weighted by Crippen LogP contribution is 2.43.